The highest BCUT2D eigenvalue weighted by Crippen LogP contribution is 2.29. The van der Waals surface area contributed by atoms with Crippen LogP contribution in [0.25, 0.3) is 11.3 Å². The minimum absolute atomic E-state index is 0.0141. The summed E-state index contributed by atoms with van der Waals surface area (Å²) in [6, 6.07) is 12.9. The molecule has 0 spiro atoms. The van der Waals surface area contributed by atoms with Gasteiger partial charge in [0.05, 0.1) is 24.9 Å². The summed E-state index contributed by atoms with van der Waals surface area (Å²) >= 11 is 1.60. The molecule has 1 aliphatic rings. The zero-order chi connectivity index (χ0) is 23.4. The maximum absolute atomic E-state index is 12.9. The van der Waals surface area contributed by atoms with Crippen molar-refractivity contribution < 1.29 is 19.1 Å². The van der Waals surface area contributed by atoms with Crippen LogP contribution in [0.15, 0.2) is 47.8 Å². The quantitative estimate of drug-likeness (QED) is 0.574. The number of thiazole rings is 1. The van der Waals surface area contributed by atoms with Crippen LogP contribution in [0.3, 0.4) is 0 Å². The Kier molecular flexibility index (Phi) is 6.93. The number of amides is 2. The maximum Gasteiger partial charge on any atom is 0.253 e. The second-order valence-corrected chi connectivity index (χ2v) is 9.02. The Morgan fingerprint density at radius 2 is 1.82 bits per heavy atom. The van der Waals surface area contributed by atoms with Gasteiger partial charge in [0, 0.05) is 41.2 Å². The second kappa shape index (κ2) is 10.0. The fraction of sp³-hybridized carbons (Fsp3) is 0.320. The highest BCUT2D eigenvalue weighted by atomic mass is 32.1. The molecule has 33 heavy (non-hydrogen) atoms. The number of nitrogens with one attached hydrogen (secondary N) is 1. The summed E-state index contributed by atoms with van der Waals surface area (Å²) in [5.74, 6) is 0.886. The molecule has 0 saturated carbocycles. The lowest BCUT2D eigenvalue weighted by atomic mass is 9.95. The molecule has 2 aromatic carbocycles. The van der Waals surface area contributed by atoms with Gasteiger partial charge in [-0.3, -0.25) is 9.59 Å². The van der Waals surface area contributed by atoms with E-state index in [2.05, 4.69) is 10.3 Å². The van der Waals surface area contributed by atoms with Crippen LogP contribution in [0.2, 0.25) is 0 Å². The van der Waals surface area contributed by atoms with E-state index in [1.807, 2.05) is 36.6 Å². The number of methoxy groups -OCH3 is 2. The van der Waals surface area contributed by atoms with E-state index in [4.69, 9.17) is 9.47 Å². The van der Waals surface area contributed by atoms with Gasteiger partial charge in [-0.15, -0.1) is 11.3 Å². The van der Waals surface area contributed by atoms with Crippen LogP contribution in [-0.4, -0.2) is 49.0 Å². The molecule has 0 aliphatic carbocycles. The maximum atomic E-state index is 12.9. The number of carbonyl (C=O) groups is 2. The van der Waals surface area contributed by atoms with E-state index in [0.29, 0.717) is 43.0 Å². The van der Waals surface area contributed by atoms with Crippen LogP contribution < -0.4 is 14.8 Å². The van der Waals surface area contributed by atoms with Crippen LogP contribution in [-0.2, 0) is 4.79 Å². The minimum atomic E-state index is -0.135. The molecule has 1 fully saturated rings. The average molecular weight is 466 g/mol. The SMILES string of the molecule is COc1ccc(C(=O)N2CCC(C(=O)Nc3cccc(-c4csc(C)n4)c3)CC2)cc1OC. The number of nitrogens with zero attached hydrogens (tertiary/aromatic N) is 2. The molecule has 172 valence electrons. The zero-order valence-electron chi connectivity index (χ0n) is 19.0. The second-order valence-electron chi connectivity index (χ2n) is 7.96. The van der Waals surface area contributed by atoms with Gasteiger partial charge >= 0.3 is 0 Å². The molecule has 3 aromatic rings. The van der Waals surface area contributed by atoms with E-state index in [1.165, 1.54) is 0 Å². The Hall–Kier alpha value is -3.39. The van der Waals surface area contributed by atoms with Gasteiger partial charge in [-0.1, -0.05) is 12.1 Å². The van der Waals surface area contributed by atoms with Gasteiger partial charge in [-0.25, -0.2) is 4.98 Å². The molecule has 1 N–H and O–H groups in total. The predicted octanol–water partition coefficient (Wildman–Crippen LogP) is 4.63. The molecule has 2 heterocycles. The Balaban J connectivity index is 1.35. The number of carbonyl (C=O) groups excluding carboxylic acids is 2. The number of aryl methyl sites for hydroxylation is 1. The number of piperidine rings is 1. The van der Waals surface area contributed by atoms with Crippen LogP contribution in [0.4, 0.5) is 5.69 Å². The average Bonchev–Trinajstić information content (AvgIpc) is 3.29. The fourth-order valence-electron chi connectivity index (χ4n) is 3.99. The Bertz CT molecular complexity index is 1150. The van der Waals surface area contributed by atoms with Crippen LogP contribution >= 0.6 is 11.3 Å². The van der Waals surface area contributed by atoms with Crippen LogP contribution in [0, 0.1) is 12.8 Å². The summed E-state index contributed by atoms with van der Waals surface area (Å²) in [7, 11) is 3.11. The molecule has 1 aromatic heterocycles. The molecular formula is C25H27N3O4S. The predicted molar refractivity (Wildman–Crippen MR) is 129 cm³/mol. The van der Waals surface area contributed by atoms with Gasteiger partial charge in [-0.2, -0.15) is 0 Å². The van der Waals surface area contributed by atoms with Gasteiger partial charge in [0.25, 0.3) is 5.91 Å². The number of anilines is 1. The van der Waals surface area contributed by atoms with E-state index < -0.39 is 0 Å². The van der Waals surface area contributed by atoms with Crippen molar-refractivity contribution in [3.05, 3.63) is 58.4 Å². The van der Waals surface area contributed by atoms with Crippen molar-refractivity contribution in [1.29, 1.82) is 0 Å². The molecule has 4 rings (SSSR count). The molecule has 0 atom stereocenters. The normalized spacial score (nSPS) is 14.1. The molecule has 0 bridgehead atoms. The van der Waals surface area contributed by atoms with Gasteiger partial charge in [0.15, 0.2) is 11.5 Å². The first kappa shape index (κ1) is 22.8. The molecular weight excluding hydrogens is 438 g/mol. The third-order valence-electron chi connectivity index (χ3n) is 5.83. The van der Waals surface area contributed by atoms with Crippen molar-refractivity contribution in [3.63, 3.8) is 0 Å². The first-order chi connectivity index (χ1) is 16.0. The number of hydrogen-bond acceptors (Lipinski definition) is 6. The number of benzene rings is 2. The molecule has 8 heteroatoms. The number of hydrogen-bond donors (Lipinski definition) is 1. The highest BCUT2D eigenvalue weighted by Gasteiger charge is 2.28. The lowest BCUT2D eigenvalue weighted by molar-refractivity contribution is -0.121. The highest BCUT2D eigenvalue weighted by molar-refractivity contribution is 7.09. The molecule has 0 unspecified atom stereocenters. The summed E-state index contributed by atoms with van der Waals surface area (Å²) in [5, 5.41) is 6.06. The largest absolute Gasteiger partial charge is 0.493 e. The summed E-state index contributed by atoms with van der Waals surface area (Å²) in [4.78, 5) is 32.1. The lowest BCUT2D eigenvalue weighted by Crippen LogP contribution is -2.41. The van der Waals surface area contributed by atoms with Crippen molar-refractivity contribution in [2.45, 2.75) is 19.8 Å². The van der Waals surface area contributed by atoms with E-state index in [1.54, 1.807) is 48.7 Å². The molecule has 2 amide bonds. The third kappa shape index (κ3) is 5.17. The van der Waals surface area contributed by atoms with Gasteiger partial charge in [0.1, 0.15) is 0 Å². The van der Waals surface area contributed by atoms with Crippen molar-refractivity contribution in [3.8, 4) is 22.8 Å². The number of aromatic nitrogens is 1. The molecule has 1 aliphatic heterocycles. The fourth-order valence-corrected chi connectivity index (χ4v) is 4.62. The van der Waals surface area contributed by atoms with Crippen molar-refractivity contribution in [2.24, 2.45) is 5.92 Å². The summed E-state index contributed by atoms with van der Waals surface area (Å²) in [5.41, 5.74) is 3.19. The van der Waals surface area contributed by atoms with Crippen LogP contribution in [0.1, 0.15) is 28.2 Å². The first-order valence-corrected chi connectivity index (χ1v) is 11.7. The molecule has 7 nitrogen and oxygen atoms in total. The summed E-state index contributed by atoms with van der Waals surface area (Å²) < 4.78 is 10.5. The van der Waals surface area contributed by atoms with Gasteiger partial charge < -0.3 is 19.7 Å². The summed E-state index contributed by atoms with van der Waals surface area (Å²) in [6.45, 7) is 3.04. The third-order valence-corrected chi connectivity index (χ3v) is 6.60. The molecule has 0 radical (unpaired) electrons. The van der Waals surface area contributed by atoms with E-state index >= 15 is 0 Å². The first-order valence-electron chi connectivity index (χ1n) is 10.8. The molecule has 1 saturated heterocycles. The van der Waals surface area contributed by atoms with Gasteiger partial charge in [-0.05, 0) is 50.1 Å². The Morgan fingerprint density at radius 3 is 2.48 bits per heavy atom. The topological polar surface area (TPSA) is 80.8 Å². The van der Waals surface area contributed by atoms with E-state index in [9.17, 15) is 9.59 Å². The summed E-state index contributed by atoms with van der Waals surface area (Å²) in [6.07, 6.45) is 1.24. The zero-order valence-corrected chi connectivity index (χ0v) is 19.8. The monoisotopic (exact) mass is 465 g/mol. The number of ether oxygens (including phenoxy) is 2. The number of rotatable bonds is 6. The van der Waals surface area contributed by atoms with Crippen molar-refractivity contribution >= 4 is 28.8 Å². The van der Waals surface area contributed by atoms with Crippen molar-refractivity contribution in [2.75, 3.05) is 32.6 Å². The van der Waals surface area contributed by atoms with Gasteiger partial charge in [0.2, 0.25) is 5.91 Å². The minimum Gasteiger partial charge on any atom is -0.493 e. The Labute approximate surface area is 197 Å². The lowest BCUT2D eigenvalue weighted by Gasteiger charge is -2.31. The Morgan fingerprint density at radius 1 is 1.06 bits per heavy atom. The van der Waals surface area contributed by atoms with Crippen LogP contribution in [0.5, 0.6) is 11.5 Å². The van der Waals surface area contributed by atoms with Crippen molar-refractivity contribution in [1.82, 2.24) is 9.88 Å². The standard InChI is InChI=1S/C25H27N3O4S/c1-16-26-21(15-33-16)18-5-4-6-20(13-18)27-24(29)17-9-11-28(12-10-17)25(30)19-7-8-22(31-2)23(14-19)32-3/h4-8,13-15,17H,9-12H2,1-3H3,(H,27,29). The smallest absolute Gasteiger partial charge is 0.253 e. The van der Waals surface area contributed by atoms with E-state index in [-0.39, 0.29) is 17.7 Å². The van der Waals surface area contributed by atoms with E-state index in [0.717, 1.165) is 22.0 Å². The number of likely N-dealkylation sites (tertiary alicyclic amines) is 1.